The molecular formula is C11H10ClN3OS. The molecule has 88 valence electrons. The number of carbonyl (C=O) groups excluding carboxylic acids is 1. The summed E-state index contributed by atoms with van der Waals surface area (Å²) in [6, 6.07) is 3.61. The third kappa shape index (κ3) is 3.01. The number of nitrogens with zero attached hydrogens (tertiary/aromatic N) is 2. The number of carbonyl (C=O) groups is 1. The number of thiophene rings is 1. The molecule has 6 heteroatoms. The van der Waals surface area contributed by atoms with Gasteiger partial charge in [0.15, 0.2) is 0 Å². The molecule has 2 heterocycles. The van der Waals surface area contributed by atoms with E-state index in [1.165, 1.54) is 29.9 Å². The number of halogens is 1. The van der Waals surface area contributed by atoms with Crippen LogP contribution in [0.4, 0.5) is 0 Å². The van der Waals surface area contributed by atoms with Crippen molar-refractivity contribution in [2.45, 2.75) is 13.0 Å². The second kappa shape index (κ2) is 5.25. The van der Waals surface area contributed by atoms with Gasteiger partial charge in [0.25, 0.3) is 5.91 Å². The second-order valence-corrected chi connectivity index (χ2v) is 5.17. The Balaban J connectivity index is 2.04. The van der Waals surface area contributed by atoms with Crippen molar-refractivity contribution in [3.05, 3.63) is 45.6 Å². The smallest absolute Gasteiger partial charge is 0.271 e. The molecule has 0 aliphatic heterocycles. The van der Waals surface area contributed by atoms with Crippen molar-refractivity contribution >= 4 is 28.8 Å². The lowest BCUT2D eigenvalue weighted by Gasteiger charge is -2.11. The van der Waals surface area contributed by atoms with Gasteiger partial charge in [-0.1, -0.05) is 11.6 Å². The largest absolute Gasteiger partial charge is 0.343 e. The molecule has 2 rings (SSSR count). The summed E-state index contributed by atoms with van der Waals surface area (Å²) in [6.45, 7) is 1.90. The van der Waals surface area contributed by atoms with Crippen molar-refractivity contribution in [2.75, 3.05) is 0 Å². The maximum absolute atomic E-state index is 11.8. The van der Waals surface area contributed by atoms with Crippen LogP contribution in [0.5, 0.6) is 0 Å². The summed E-state index contributed by atoms with van der Waals surface area (Å²) in [5.74, 6) is -0.241. The molecule has 1 N–H and O–H groups in total. The predicted molar refractivity (Wildman–Crippen MR) is 67.2 cm³/mol. The number of amides is 1. The molecule has 17 heavy (non-hydrogen) atoms. The molecule has 0 aromatic carbocycles. The van der Waals surface area contributed by atoms with Crippen LogP contribution in [-0.4, -0.2) is 15.9 Å². The van der Waals surface area contributed by atoms with Gasteiger partial charge in [-0.25, -0.2) is 4.98 Å². The highest BCUT2D eigenvalue weighted by Crippen LogP contribution is 2.26. The van der Waals surface area contributed by atoms with E-state index in [1.54, 1.807) is 0 Å². The summed E-state index contributed by atoms with van der Waals surface area (Å²) in [5.41, 5.74) is 0.307. The van der Waals surface area contributed by atoms with E-state index in [0.717, 1.165) is 4.88 Å². The van der Waals surface area contributed by atoms with Crippen LogP contribution in [0.1, 0.15) is 28.3 Å². The van der Waals surface area contributed by atoms with Crippen LogP contribution in [0.3, 0.4) is 0 Å². The van der Waals surface area contributed by atoms with Crippen LogP contribution >= 0.6 is 22.9 Å². The molecule has 0 saturated heterocycles. The number of hydrogen-bond donors (Lipinski definition) is 1. The van der Waals surface area contributed by atoms with Gasteiger partial charge in [0.1, 0.15) is 5.69 Å². The van der Waals surface area contributed by atoms with E-state index in [1.807, 2.05) is 19.1 Å². The van der Waals surface area contributed by atoms with Gasteiger partial charge >= 0.3 is 0 Å². The van der Waals surface area contributed by atoms with Crippen LogP contribution in [0.25, 0.3) is 0 Å². The first-order valence-corrected chi connectivity index (χ1v) is 6.18. The van der Waals surface area contributed by atoms with Crippen molar-refractivity contribution < 1.29 is 4.79 Å². The third-order valence-electron chi connectivity index (χ3n) is 2.16. The molecule has 4 nitrogen and oxygen atoms in total. The molecule has 0 aliphatic carbocycles. The van der Waals surface area contributed by atoms with E-state index < -0.39 is 0 Å². The third-order valence-corrected chi connectivity index (χ3v) is 3.58. The first-order valence-electron chi connectivity index (χ1n) is 4.99. The van der Waals surface area contributed by atoms with E-state index >= 15 is 0 Å². The Hall–Kier alpha value is -1.46. The number of hydrogen-bond acceptors (Lipinski definition) is 4. The van der Waals surface area contributed by atoms with Gasteiger partial charge in [-0.3, -0.25) is 9.78 Å². The Morgan fingerprint density at radius 1 is 1.47 bits per heavy atom. The zero-order chi connectivity index (χ0) is 12.3. The van der Waals surface area contributed by atoms with Gasteiger partial charge in [0.05, 0.1) is 16.6 Å². The normalized spacial score (nSPS) is 12.1. The summed E-state index contributed by atoms with van der Waals surface area (Å²) in [6.07, 6.45) is 4.45. The lowest BCUT2D eigenvalue weighted by molar-refractivity contribution is 0.0935. The van der Waals surface area contributed by atoms with E-state index in [-0.39, 0.29) is 11.9 Å². The summed E-state index contributed by atoms with van der Waals surface area (Å²) >= 11 is 7.29. The Kier molecular flexibility index (Phi) is 3.71. The molecule has 0 saturated carbocycles. The number of aromatic nitrogens is 2. The maximum atomic E-state index is 11.8. The Morgan fingerprint density at radius 3 is 2.88 bits per heavy atom. The minimum absolute atomic E-state index is 0.0954. The Labute approximate surface area is 108 Å². The van der Waals surface area contributed by atoms with Crippen LogP contribution in [0.15, 0.2) is 30.7 Å². The minimum atomic E-state index is -0.241. The molecule has 1 atom stereocenters. The molecule has 0 bridgehead atoms. The number of rotatable bonds is 3. The van der Waals surface area contributed by atoms with Crippen molar-refractivity contribution in [1.82, 2.24) is 15.3 Å². The zero-order valence-electron chi connectivity index (χ0n) is 9.05. The van der Waals surface area contributed by atoms with Gasteiger partial charge in [-0.2, -0.15) is 0 Å². The van der Waals surface area contributed by atoms with Gasteiger partial charge in [0, 0.05) is 17.3 Å². The fraction of sp³-hybridized carbons (Fsp3) is 0.182. The lowest BCUT2D eigenvalue weighted by Crippen LogP contribution is -2.26. The lowest BCUT2D eigenvalue weighted by atomic mass is 10.2. The molecule has 0 aliphatic rings. The molecule has 2 aromatic heterocycles. The topological polar surface area (TPSA) is 54.9 Å². The van der Waals surface area contributed by atoms with Crippen LogP contribution < -0.4 is 5.32 Å². The average Bonchev–Trinajstić information content (AvgIpc) is 2.77. The highest BCUT2D eigenvalue weighted by molar-refractivity contribution is 7.16. The number of nitrogens with one attached hydrogen (secondary N) is 1. The molecule has 0 radical (unpaired) electrons. The highest BCUT2D eigenvalue weighted by atomic mass is 35.5. The van der Waals surface area contributed by atoms with Gasteiger partial charge in [-0.15, -0.1) is 11.3 Å². The first-order chi connectivity index (χ1) is 8.16. The summed E-state index contributed by atoms with van der Waals surface area (Å²) in [7, 11) is 0. The fourth-order valence-electron chi connectivity index (χ4n) is 1.32. The zero-order valence-corrected chi connectivity index (χ0v) is 10.6. The molecule has 2 aromatic rings. The molecule has 1 amide bonds. The van der Waals surface area contributed by atoms with Gasteiger partial charge in [-0.05, 0) is 19.1 Å². The molecular weight excluding hydrogens is 258 g/mol. The highest BCUT2D eigenvalue weighted by Gasteiger charge is 2.13. The summed E-state index contributed by atoms with van der Waals surface area (Å²) in [4.78, 5) is 20.6. The van der Waals surface area contributed by atoms with E-state index in [4.69, 9.17) is 11.6 Å². The van der Waals surface area contributed by atoms with E-state index in [2.05, 4.69) is 15.3 Å². The first kappa shape index (κ1) is 12.0. The van der Waals surface area contributed by atoms with Crippen molar-refractivity contribution in [1.29, 1.82) is 0 Å². The van der Waals surface area contributed by atoms with Crippen molar-refractivity contribution in [3.8, 4) is 0 Å². The van der Waals surface area contributed by atoms with E-state index in [0.29, 0.717) is 10.0 Å². The van der Waals surface area contributed by atoms with Gasteiger partial charge in [0.2, 0.25) is 0 Å². The van der Waals surface area contributed by atoms with Crippen LogP contribution in [-0.2, 0) is 0 Å². The summed E-state index contributed by atoms with van der Waals surface area (Å²) < 4.78 is 0.709. The van der Waals surface area contributed by atoms with Crippen LogP contribution in [0.2, 0.25) is 4.34 Å². The van der Waals surface area contributed by atoms with Gasteiger partial charge < -0.3 is 5.32 Å². The Bertz CT molecular complexity index is 514. The second-order valence-electron chi connectivity index (χ2n) is 3.43. The molecule has 0 spiro atoms. The quantitative estimate of drug-likeness (QED) is 0.930. The maximum Gasteiger partial charge on any atom is 0.271 e. The minimum Gasteiger partial charge on any atom is -0.343 e. The summed E-state index contributed by atoms with van der Waals surface area (Å²) in [5, 5.41) is 2.84. The van der Waals surface area contributed by atoms with Crippen LogP contribution in [0, 0.1) is 0 Å². The van der Waals surface area contributed by atoms with Crippen molar-refractivity contribution in [3.63, 3.8) is 0 Å². The van der Waals surface area contributed by atoms with Crippen molar-refractivity contribution in [2.24, 2.45) is 0 Å². The monoisotopic (exact) mass is 267 g/mol. The average molecular weight is 268 g/mol. The predicted octanol–water partition coefficient (Wildman–Crippen LogP) is 2.68. The van der Waals surface area contributed by atoms with E-state index in [9.17, 15) is 4.79 Å². The SMILES string of the molecule is CC(NC(=O)c1cnccn1)c1ccc(Cl)s1. The Morgan fingerprint density at radius 2 is 2.29 bits per heavy atom. The molecule has 0 fully saturated rings. The fourth-order valence-corrected chi connectivity index (χ4v) is 2.38. The molecule has 1 unspecified atom stereocenters. The standard InChI is InChI=1S/C11H10ClN3OS/c1-7(9-2-3-10(12)17-9)15-11(16)8-6-13-4-5-14-8/h2-7H,1H3,(H,15,16).